The Morgan fingerprint density at radius 3 is 2.74 bits per heavy atom. The number of nitrogen functional groups attached to an aromatic ring is 1. The molecular weight excluding hydrogens is 264 g/mol. The lowest BCUT2D eigenvalue weighted by molar-refractivity contribution is 0.439. The van der Waals surface area contributed by atoms with Crippen molar-refractivity contribution in [1.29, 1.82) is 0 Å². The summed E-state index contributed by atoms with van der Waals surface area (Å²) in [5.41, 5.74) is 8.78. The van der Waals surface area contributed by atoms with E-state index in [4.69, 9.17) is 26.3 Å². The summed E-state index contributed by atoms with van der Waals surface area (Å²) >= 11 is 6.20. The number of benzene rings is 1. The summed E-state index contributed by atoms with van der Waals surface area (Å²) in [6, 6.07) is 9.29. The van der Waals surface area contributed by atoms with Crippen molar-refractivity contribution < 1.29 is 8.94 Å². The van der Waals surface area contributed by atoms with Gasteiger partial charge in [-0.05, 0) is 19.1 Å². The molecule has 0 spiro atoms. The van der Waals surface area contributed by atoms with Gasteiger partial charge in [0.05, 0.1) is 5.56 Å². The summed E-state index contributed by atoms with van der Waals surface area (Å²) < 4.78 is 10.4. The van der Waals surface area contributed by atoms with Crippen molar-refractivity contribution in [2.75, 3.05) is 5.73 Å². The van der Waals surface area contributed by atoms with Crippen LogP contribution in [0.25, 0.3) is 22.4 Å². The second kappa shape index (κ2) is 4.48. The summed E-state index contributed by atoms with van der Waals surface area (Å²) in [7, 11) is 0. The van der Waals surface area contributed by atoms with E-state index in [-0.39, 0.29) is 5.88 Å². The normalized spacial score (nSPS) is 10.8. The average molecular weight is 275 g/mol. The van der Waals surface area contributed by atoms with Crippen molar-refractivity contribution in [2.45, 2.75) is 6.92 Å². The van der Waals surface area contributed by atoms with Crippen LogP contribution in [0, 0.1) is 6.92 Å². The number of halogens is 1. The van der Waals surface area contributed by atoms with E-state index in [9.17, 15) is 0 Å². The van der Waals surface area contributed by atoms with Gasteiger partial charge in [0.15, 0.2) is 0 Å². The van der Waals surface area contributed by atoms with E-state index in [1.807, 2.05) is 31.2 Å². The van der Waals surface area contributed by atoms with Gasteiger partial charge < -0.3 is 14.7 Å². The maximum absolute atomic E-state index is 6.20. The highest BCUT2D eigenvalue weighted by Gasteiger charge is 2.20. The van der Waals surface area contributed by atoms with Crippen LogP contribution >= 0.6 is 11.6 Å². The number of hydrogen-bond acceptors (Lipinski definition) is 4. The Labute approximate surface area is 114 Å². The van der Waals surface area contributed by atoms with Crippen molar-refractivity contribution in [3.63, 3.8) is 0 Å². The number of hydrogen-bond donors (Lipinski definition) is 1. The number of furan rings is 1. The van der Waals surface area contributed by atoms with Gasteiger partial charge >= 0.3 is 0 Å². The fraction of sp³-hybridized carbons (Fsp3) is 0.0714. The monoisotopic (exact) mass is 274 g/mol. The maximum Gasteiger partial charge on any atom is 0.230 e. The summed E-state index contributed by atoms with van der Waals surface area (Å²) in [4.78, 5) is 0. The van der Waals surface area contributed by atoms with Crippen LogP contribution in [0.4, 0.5) is 5.88 Å². The van der Waals surface area contributed by atoms with E-state index in [0.29, 0.717) is 16.3 Å². The van der Waals surface area contributed by atoms with Crippen molar-refractivity contribution in [1.82, 2.24) is 5.16 Å². The van der Waals surface area contributed by atoms with Crippen LogP contribution in [0.2, 0.25) is 5.02 Å². The lowest BCUT2D eigenvalue weighted by Gasteiger charge is -2.03. The Morgan fingerprint density at radius 1 is 1.26 bits per heavy atom. The van der Waals surface area contributed by atoms with Gasteiger partial charge in [-0.3, -0.25) is 0 Å². The first-order valence-electron chi connectivity index (χ1n) is 5.72. The molecule has 4 nitrogen and oxygen atoms in total. The zero-order valence-electron chi connectivity index (χ0n) is 10.2. The number of aromatic nitrogens is 1. The molecule has 0 saturated heterocycles. The highest BCUT2D eigenvalue weighted by atomic mass is 35.5. The molecule has 0 atom stereocenters. The number of rotatable bonds is 2. The number of nitrogens with zero attached hydrogens (tertiary/aromatic N) is 1. The standard InChI is InChI=1S/C14H11ClN2O2/c1-8-6-9(7-18-8)13-12(14(16)19-17-13)10-4-2-3-5-11(10)15/h2-7H,16H2,1H3. The second-order valence-corrected chi connectivity index (χ2v) is 4.60. The predicted molar refractivity (Wildman–Crippen MR) is 73.8 cm³/mol. The molecule has 0 fully saturated rings. The van der Waals surface area contributed by atoms with Gasteiger partial charge in [-0.1, -0.05) is 35.0 Å². The Hall–Kier alpha value is -2.20. The van der Waals surface area contributed by atoms with Crippen LogP contribution < -0.4 is 5.73 Å². The maximum atomic E-state index is 6.20. The molecule has 0 aliphatic heterocycles. The smallest absolute Gasteiger partial charge is 0.230 e. The molecule has 0 saturated carbocycles. The Bertz CT molecular complexity index is 731. The molecule has 19 heavy (non-hydrogen) atoms. The molecule has 0 radical (unpaired) electrons. The minimum atomic E-state index is 0.238. The molecule has 2 N–H and O–H groups in total. The molecular formula is C14H11ClN2O2. The summed E-state index contributed by atoms with van der Waals surface area (Å²) in [5, 5.41) is 4.59. The molecule has 96 valence electrons. The number of aryl methyl sites for hydroxylation is 1. The summed E-state index contributed by atoms with van der Waals surface area (Å²) in [5.74, 6) is 1.03. The number of nitrogens with two attached hydrogens (primary N) is 1. The van der Waals surface area contributed by atoms with Crippen LogP contribution in [0.15, 0.2) is 45.5 Å². The van der Waals surface area contributed by atoms with Crippen LogP contribution in [0.3, 0.4) is 0 Å². The second-order valence-electron chi connectivity index (χ2n) is 4.20. The molecule has 2 heterocycles. The summed E-state index contributed by atoms with van der Waals surface area (Å²) in [6.45, 7) is 1.86. The molecule has 2 aromatic heterocycles. The molecule has 3 rings (SSSR count). The fourth-order valence-corrected chi connectivity index (χ4v) is 2.22. The van der Waals surface area contributed by atoms with Gasteiger partial charge in [0.1, 0.15) is 17.7 Å². The van der Waals surface area contributed by atoms with Crippen LogP contribution in [0.1, 0.15) is 5.76 Å². The van der Waals surface area contributed by atoms with Gasteiger partial charge in [0, 0.05) is 16.1 Å². The largest absolute Gasteiger partial charge is 0.469 e. The minimum Gasteiger partial charge on any atom is -0.469 e. The highest BCUT2D eigenvalue weighted by molar-refractivity contribution is 6.33. The van der Waals surface area contributed by atoms with E-state index in [2.05, 4.69) is 5.16 Å². The van der Waals surface area contributed by atoms with Gasteiger partial charge in [0.25, 0.3) is 0 Å². The fourth-order valence-electron chi connectivity index (χ4n) is 1.99. The van der Waals surface area contributed by atoms with Crippen molar-refractivity contribution in [3.8, 4) is 22.4 Å². The zero-order chi connectivity index (χ0) is 13.4. The Morgan fingerprint density at radius 2 is 2.05 bits per heavy atom. The molecule has 1 aromatic carbocycles. The van der Waals surface area contributed by atoms with E-state index in [1.165, 1.54) is 0 Å². The molecule has 0 amide bonds. The lowest BCUT2D eigenvalue weighted by atomic mass is 10.0. The molecule has 0 aliphatic carbocycles. The summed E-state index contributed by atoms with van der Waals surface area (Å²) in [6.07, 6.45) is 1.62. The zero-order valence-corrected chi connectivity index (χ0v) is 10.9. The lowest BCUT2D eigenvalue weighted by Crippen LogP contribution is -1.87. The average Bonchev–Trinajstić information content (AvgIpc) is 2.96. The van der Waals surface area contributed by atoms with E-state index in [1.54, 1.807) is 12.3 Å². The highest BCUT2D eigenvalue weighted by Crippen LogP contribution is 2.39. The SMILES string of the molecule is Cc1cc(-c2noc(N)c2-c2ccccc2Cl)co1. The van der Waals surface area contributed by atoms with Crippen LogP contribution in [0.5, 0.6) is 0 Å². The predicted octanol–water partition coefficient (Wildman–Crippen LogP) is 4.15. The van der Waals surface area contributed by atoms with Crippen molar-refractivity contribution in [3.05, 3.63) is 47.4 Å². The minimum absolute atomic E-state index is 0.238. The molecule has 3 aromatic rings. The topological polar surface area (TPSA) is 65.2 Å². The Balaban J connectivity index is 2.22. The first-order chi connectivity index (χ1) is 9.16. The van der Waals surface area contributed by atoms with Gasteiger partial charge in [-0.2, -0.15) is 0 Å². The van der Waals surface area contributed by atoms with Gasteiger partial charge in [-0.15, -0.1) is 0 Å². The van der Waals surface area contributed by atoms with Crippen molar-refractivity contribution >= 4 is 17.5 Å². The third-order valence-corrected chi connectivity index (χ3v) is 3.20. The van der Waals surface area contributed by atoms with E-state index < -0.39 is 0 Å². The van der Waals surface area contributed by atoms with Gasteiger partial charge in [-0.25, -0.2) is 0 Å². The molecule has 0 aliphatic rings. The third kappa shape index (κ3) is 2.00. The van der Waals surface area contributed by atoms with E-state index in [0.717, 1.165) is 16.9 Å². The number of anilines is 1. The first kappa shape index (κ1) is 11.9. The van der Waals surface area contributed by atoms with Gasteiger partial charge in [0.2, 0.25) is 5.88 Å². The first-order valence-corrected chi connectivity index (χ1v) is 6.10. The van der Waals surface area contributed by atoms with Crippen LogP contribution in [-0.4, -0.2) is 5.16 Å². The Kier molecular flexibility index (Phi) is 2.80. The van der Waals surface area contributed by atoms with Crippen molar-refractivity contribution in [2.24, 2.45) is 0 Å². The van der Waals surface area contributed by atoms with Crippen LogP contribution in [-0.2, 0) is 0 Å². The quantitative estimate of drug-likeness (QED) is 0.762. The molecule has 5 heteroatoms. The molecule has 0 unspecified atom stereocenters. The third-order valence-electron chi connectivity index (χ3n) is 2.87. The van der Waals surface area contributed by atoms with E-state index >= 15 is 0 Å². The molecule has 0 bridgehead atoms.